The largest absolute Gasteiger partial charge is 0.398 e. The standard InChI is InChI=1S/C12H8Cl3FN2O2S/c13-6-1-2-11(9(16)4-6)18-21(19,20)12-8(15)3-7(14)5-10(12)17/h1-5,18H,17H2. The first-order valence-electron chi connectivity index (χ1n) is 5.43. The number of hydrogen-bond acceptors (Lipinski definition) is 3. The topological polar surface area (TPSA) is 72.2 Å². The Kier molecular flexibility index (Phi) is 4.53. The van der Waals surface area contributed by atoms with Gasteiger partial charge in [0.2, 0.25) is 0 Å². The quantitative estimate of drug-likeness (QED) is 0.798. The lowest BCUT2D eigenvalue weighted by Crippen LogP contribution is -2.16. The molecular weight excluding hydrogens is 362 g/mol. The van der Waals surface area contributed by atoms with Crippen molar-refractivity contribution in [1.82, 2.24) is 0 Å². The molecule has 0 amide bonds. The summed E-state index contributed by atoms with van der Waals surface area (Å²) >= 11 is 17.2. The van der Waals surface area contributed by atoms with Crippen LogP contribution in [0.25, 0.3) is 0 Å². The summed E-state index contributed by atoms with van der Waals surface area (Å²) in [6, 6.07) is 5.98. The van der Waals surface area contributed by atoms with Gasteiger partial charge in [-0.15, -0.1) is 0 Å². The minimum absolute atomic E-state index is 0.138. The Labute approximate surface area is 135 Å². The van der Waals surface area contributed by atoms with Crippen molar-refractivity contribution in [2.45, 2.75) is 4.90 Å². The van der Waals surface area contributed by atoms with E-state index in [-0.39, 0.29) is 31.3 Å². The van der Waals surface area contributed by atoms with Crippen LogP contribution in [0.5, 0.6) is 0 Å². The molecule has 0 fully saturated rings. The van der Waals surface area contributed by atoms with E-state index in [2.05, 4.69) is 4.72 Å². The zero-order valence-corrected chi connectivity index (χ0v) is 13.3. The van der Waals surface area contributed by atoms with Gasteiger partial charge in [0.05, 0.1) is 16.4 Å². The van der Waals surface area contributed by atoms with Crippen LogP contribution in [0.1, 0.15) is 0 Å². The average molecular weight is 370 g/mol. The van der Waals surface area contributed by atoms with Gasteiger partial charge in [-0.1, -0.05) is 34.8 Å². The van der Waals surface area contributed by atoms with Crippen molar-refractivity contribution < 1.29 is 12.8 Å². The van der Waals surface area contributed by atoms with Crippen LogP contribution in [0.4, 0.5) is 15.8 Å². The molecule has 0 unspecified atom stereocenters. The van der Waals surface area contributed by atoms with Gasteiger partial charge in [0.1, 0.15) is 10.7 Å². The predicted molar refractivity (Wildman–Crippen MR) is 83.1 cm³/mol. The van der Waals surface area contributed by atoms with E-state index in [1.165, 1.54) is 24.3 Å². The zero-order chi connectivity index (χ0) is 15.8. The number of nitrogens with one attached hydrogen (secondary N) is 1. The molecule has 0 heterocycles. The Morgan fingerprint density at radius 2 is 1.71 bits per heavy atom. The molecule has 0 atom stereocenters. The van der Waals surface area contributed by atoms with E-state index in [0.717, 1.165) is 6.07 Å². The molecular formula is C12H8Cl3FN2O2S. The molecule has 21 heavy (non-hydrogen) atoms. The Bertz CT molecular complexity index is 789. The number of hydrogen-bond donors (Lipinski definition) is 2. The monoisotopic (exact) mass is 368 g/mol. The van der Waals surface area contributed by atoms with E-state index >= 15 is 0 Å². The summed E-state index contributed by atoms with van der Waals surface area (Å²) in [6.45, 7) is 0. The van der Waals surface area contributed by atoms with Crippen LogP contribution in [-0.2, 0) is 10.0 Å². The average Bonchev–Trinajstić information content (AvgIpc) is 2.30. The number of nitrogen functional groups attached to an aromatic ring is 1. The second-order valence-electron chi connectivity index (χ2n) is 4.04. The molecule has 2 aromatic carbocycles. The highest BCUT2D eigenvalue weighted by molar-refractivity contribution is 7.93. The molecule has 0 aromatic heterocycles. The third-order valence-corrected chi connectivity index (χ3v) is 4.83. The van der Waals surface area contributed by atoms with Crippen molar-refractivity contribution in [2.24, 2.45) is 0 Å². The lowest BCUT2D eigenvalue weighted by molar-refractivity contribution is 0.599. The summed E-state index contributed by atoms with van der Waals surface area (Å²) in [5.41, 5.74) is 5.20. The van der Waals surface area contributed by atoms with E-state index in [9.17, 15) is 12.8 Å². The summed E-state index contributed by atoms with van der Waals surface area (Å²) in [5, 5.41) is 0.162. The van der Waals surface area contributed by atoms with Crippen LogP contribution in [0.15, 0.2) is 35.2 Å². The van der Waals surface area contributed by atoms with E-state index in [1.807, 2.05) is 0 Å². The molecule has 0 saturated heterocycles. The number of sulfonamides is 1. The number of halogens is 4. The molecule has 0 aliphatic rings. The summed E-state index contributed by atoms with van der Waals surface area (Å²) in [7, 11) is -4.18. The molecule has 0 radical (unpaired) electrons. The van der Waals surface area contributed by atoms with Crippen LogP contribution in [-0.4, -0.2) is 8.42 Å². The summed E-state index contributed by atoms with van der Waals surface area (Å²) < 4.78 is 40.3. The van der Waals surface area contributed by atoms with Crippen LogP contribution in [0.3, 0.4) is 0 Å². The first-order chi connectivity index (χ1) is 9.70. The van der Waals surface area contributed by atoms with E-state index in [1.54, 1.807) is 0 Å². The van der Waals surface area contributed by atoms with Gasteiger partial charge in [0.15, 0.2) is 0 Å². The van der Waals surface area contributed by atoms with E-state index < -0.39 is 15.8 Å². The molecule has 0 aliphatic carbocycles. The normalized spacial score (nSPS) is 11.4. The van der Waals surface area contributed by atoms with E-state index in [4.69, 9.17) is 40.5 Å². The highest BCUT2D eigenvalue weighted by atomic mass is 35.5. The second-order valence-corrected chi connectivity index (χ2v) is 6.93. The third-order valence-electron chi connectivity index (χ3n) is 2.48. The van der Waals surface area contributed by atoms with E-state index in [0.29, 0.717) is 0 Å². The van der Waals surface area contributed by atoms with Gasteiger partial charge in [0, 0.05) is 10.0 Å². The smallest absolute Gasteiger partial charge is 0.265 e. The molecule has 0 spiro atoms. The van der Waals surface area contributed by atoms with Crippen LogP contribution in [0, 0.1) is 5.82 Å². The van der Waals surface area contributed by atoms with Gasteiger partial charge in [-0.3, -0.25) is 4.72 Å². The number of rotatable bonds is 3. The van der Waals surface area contributed by atoms with Crippen LogP contribution >= 0.6 is 34.8 Å². The highest BCUT2D eigenvalue weighted by Gasteiger charge is 2.23. The van der Waals surface area contributed by atoms with Crippen molar-refractivity contribution in [3.63, 3.8) is 0 Å². The SMILES string of the molecule is Nc1cc(Cl)cc(Cl)c1S(=O)(=O)Nc1ccc(Cl)cc1F. The van der Waals surface area contributed by atoms with Crippen LogP contribution in [0.2, 0.25) is 15.1 Å². The Morgan fingerprint density at radius 1 is 1.05 bits per heavy atom. The van der Waals surface area contributed by atoms with Crippen molar-refractivity contribution in [3.8, 4) is 0 Å². The third kappa shape index (κ3) is 3.52. The molecule has 4 nitrogen and oxygen atoms in total. The first kappa shape index (κ1) is 16.2. The predicted octanol–water partition coefficient (Wildman–Crippen LogP) is 4.17. The number of anilines is 2. The summed E-state index contributed by atoms with van der Waals surface area (Å²) in [4.78, 5) is -0.372. The van der Waals surface area contributed by atoms with Crippen LogP contribution < -0.4 is 10.5 Å². The van der Waals surface area contributed by atoms with Crippen molar-refractivity contribution in [1.29, 1.82) is 0 Å². The molecule has 3 N–H and O–H groups in total. The van der Waals surface area contributed by atoms with Gasteiger partial charge in [0.25, 0.3) is 10.0 Å². The first-order valence-corrected chi connectivity index (χ1v) is 8.05. The van der Waals surface area contributed by atoms with Crippen molar-refractivity contribution in [3.05, 3.63) is 51.2 Å². The molecule has 0 bridgehead atoms. The minimum Gasteiger partial charge on any atom is -0.398 e. The fourth-order valence-corrected chi connectivity index (χ4v) is 3.85. The summed E-state index contributed by atoms with van der Waals surface area (Å²) in [5.74, 6) is -0.824. The molecule has 0 saturated carbocycles. The maximum absolute atomic E-state index is 13.7. The molecule has 2 aromatic rings. The Morgan fingerprint density at radius 3 is 2.29 bits per heavy atom. The molecule has 112 valence electrons. The van der Waals surface area contributed by atoms with Crippen molar-refractivity contribution in [2.75, 3.05) is 10.5 Å². The van der Waals surface area contributed by atoms with Gasteiger partial charge in [-0.05, 0) is 30.3 Å². The Balaban J connectivity index is 2.48. The van der Waals surface area contributed by atoms with Gasteiger partial charge >= 0.3 is 0 Å². The number of benzene rings is 2. The molecule has 9 heteroatoms. The lowest BCUT2D eigenvalue weighted by Gasteiger charge is -2.12. The maximum atomic E-state index is 13.7. The molecule has 0 aliphatic heterocycles. The maximum Gasteiger partial charge on any atom is 0.265 e. The fraction of sp³-hybridized carbons (Fsp3) is 0. The summed E-state index contributed by atoms with van der Waals surface area (Å²) in [6.07, 6.45) is 0. The zero-order valence-electron chi connectivity index (χ0n) is 10.2. The van der Waals surface area contributed by atoms with Gasteiger partial charge in [-0.25, -0.2) is 12.8 Å². The number of nitrogens with two attached hydrogens (primary N) is 1. The minimum atomic E-state index is -4.18. The lowest BCUT2D eigenvalue weighted by atomic mass is 10.3. The van der Waals surface area contributed by atoms with Gasteiger partial charge < -0.3 is 5.73 Å². The fourth-order valence-electron chi connectivity index (χ4n) is 1.63. The highest BCUT2D eigenvalue weighted by Crippen LogP contribution is 2.33. The molecule has 2 rings (SSSR count). The second kappa shape index (κ2) is 5.88. The Hall–Kier alpha value is -1.21. The van der Waals surface area contributed by atoms with Gasteiger partial charge in [-0.2, -0.15) is 0 Å². The van der Waals surface area contributed by atoms with Crippen molar-refractivity contribution >= 4 is 56.2 Å².